The summed E-state index contributed by atoms with van der Waals surface area (Å²) >= 11 is 3.48. The van der Waals surface area contributed by atoms with Crippen LogP contribution in [0.4, 0.5) is 11.5 Å². The molecule has 0 aliphatic heterocycles. The molecule has 1 N–H and O–H groups in total. The van der Waals surface area contributed by atoms with Crippen LogP contribution in [-0.4, -0.2) is 15.3 Å². The van der Waals surface area contributed by atoms with Crippen LogP contribution in [-0.2, 0) is 6.42 Å². The van der Waals surface area contributed by atoms with Gasteiger partial charge in [0.2, 0.25) is 0 Å². The number of alkyl halides is 1. The molecule has 0 atom stereocenters. The molecule has 0 amide bonds. The molecule has 0 saturated carbocycles. The van der Waals surface area contributed by atoms with Crippen LogP contribution in [0.5, 0.6) is 0 Å². The highest BCUT2D eigenvalue weighted by molar-refractivity contribution is 9.09. The van der Waals surface area contributed by atoms with E-state index in [2.05, 4.69) is 68.5 Å². The first-order valence-electron chi connectivity index (χ1n) is 6.89. The first-order valence-corrected chi connectivity index (χ1v) is 8.02. The number of hydrogen-bond acceptors (Lipinski definition) is 3. The van der Waals surface area contributed by atoms with Crippen molar-refractivity contribution in [3.05, 3.63) is 59.9 Å². The van der Waals surface area contributed by atoms with Gasteiger partial charge in [-0.1, -0.05) is 34.1 Å². The van der Waals surface area contributed by atoms with E-state index < -0.39 is 0 Å². The average Bonchev–Trinajstić information content (AvgIpc) is 2.48. The Morgan fingerprint density at radius 1 is 1.10 bits per heavy atom. The largest absolute Gasteiger partial charge is 0.340 e. The third kappa shape index (κ3) is 3.22. The van der Waals surface area contributed by atoms with Crippen molar-refractivity contribution < 1.29 is 0 Å². The Morgan fingerprint density at radius 3 is 2.81 bits per heavy atom. The molecule has 1 aromatic heterocycles. The number of benzene rings is 2. The lowest BCUT2D eigenvalue weighted by atomic mass is 10.1. The lowest BCUT2D eigenvalue weighted by Crippen LogP contribution is -1.97. The highest BCUT2D eigenvalue weighted by Gasteiger charge is 2.05. The number of hydrogen-bond donors (Lipinski definition) is 1. The van der Waals surface area contributed by atoms with Crippen LogP contribution in [0.1, 0.15) is 11.1 Å². The summed E-state index contributed by atoms with van der Waals surface area (Å²) in [7, 11) is 0. The Bertz CT molecular complexity index is 771. The molecule has 3 aromatic rings. The van der Waals surface area contributed by atoms with Crippen LogP contribution < -0.4 is 5.32 Å². The summed E-state index contributed by atoms with van der Waals surface area (Å²) < 4.78 is 0. The minimum Gasteiger partial charge on any atom is -0.340 e. The third-order valence-corrected chi connectivity index (χ3v) is 3.76. The van der Waals surface area contributed by atoms with Crippen molar-refractivity contribution in [2.45, 2.75) is 13.3 Å². The molecule has 4 heteroatoms. The number of nitrogens with zero attached hydrogens (tertiary/aromatic N) is 2. The van der Waals surface area contributed by atoms with Gasteiger partial charge in [0, 0.05) is 16.4 Å². The van der Waals surface area contributed by atoms with Gasteiger partial charge < -0.3 is 5.32 Å². The zero-order valence-electron chi connectivity index (χ0n) is 11.8. The Balaban J connectivity index is 2.02. The van der Waals surface area contributed by atoms with Gasteiger partial charge in [-0.15, -0.1) is 0 Å². The fourth-order valence-electron chi connectivity index (χ4n) is 2.33. The fourth-order valence-corrected chi connectivity index (χ4v) is 2.79. The van der Waals surface area contributed by atoms with Gasteiger partial charge in [-0.3, -0.25) is 0 Å². The molecule has 0 aliphatic carbocycles. The maximum absolute atomic E-state index is 4.40. The number of aromatic nitrogens is 2. The second-order valence-electron chi connectivity index (χ2n) is 5.01. The monoisotopic (exact) mass is 341 g/mol. The normalized spacial score (nSPS) is 10.8. The number of nitrogens with one attached hydrogen (secondary N) is 1. The Hall–Kier alpha value is -1.94. The summed E-state index contributed by atoms with van der Waals surface area (Å²) in [6.07, 6.45) is 2.60. The molecule has 0 fully saturated rings. The Kier molecular flexibility index (Phi) is 4.15. The van der Waals surface area contributed by atoms with Crippen LogP contribution in [0.2, 0.25) is 0 Å². The van der Waals surface area contributed by atoms with Crippen LogP contribution in [0.15, 0.2) is 48.8 Å². The molecule has 0 radical (unpaired) electrons. The van der Waals surface area contributed by atoms with Crippen molar-refractivity contribution in [2.75, 3.05) is 10.6 Å². The van der Waals surface area contributed by atoms with E-state index >= 15 is 0 Å². The van der Waals surface area contributed by atoms with Gasteiger partial charge in [0.1, 0.15) is 12.1 Å². The molecule has 0 unspecified atom stereocenters. The first kappa shape index (κ1) is 14.0. The lowest BCUT2D eigenvalue weighted by Gasteiger charge is -2.10. The van der Waals surface area contributed by atoms with Gasteiger partial charge in [-0.25, -0.2) is 9.97 Å². The van der Waals surface area contributed by atoms with E-state index in [9.17, 15) is 0 Å². The summed E-state index contributed by atoms with van der Waals surface area (Å²) in [4.78, 5) is 8.74. The van der Waals surface area contributed by atoms with Crippen molar-refractivity contribution >= 4 is 38.3 Å². The maximum atomic E-state index is 4.40. The quantitative estimate of drug-likeness (QED) is 0.703. The predicted octanol–water partition coefficient (Wildman–Crippen LogP) is 4.62. The topological polar surface area (TPSA) is 37.8 Å². The molecule has 0 saturated heterocycles. The molecule has 106 valence electrons. The molecule has 3 nitrogen and oxygen atoms in total. The molecule has 1 heterocycles. The molecule has 21 heavy (non-hydrogen) atoms. The SMILES string of the molecule is Cc1cccc(Nc2ncnc3ccc(CCBr)cc23)c1. The minimum atomic E-state index is 0.849. The number of fused-ring (bicyclic) bond motifs is 1. The highest BCUT2D eigenvalue weighted by atomic mass is 79.9. The van der Waals surface area contributed by atoms with E-state index in [0.717, 1.165) is 34.2 Å². The van der Waals surface area contributed by atoms with E-state index in [1.807, 2.05) is 12.1 Å². The first-order chi connectivity index (χ1) is 10.3. The van der Waals surface area contributed by atoms with Crippen molar-refractivity contribution in [3.8, 4) is 0 Å². The van der Waals surface area contributed by atoms with E-state index in [4.69, 9.17) is 0 Å². The van der Waals surface area contributed by atoms with E-state index in [-0.39, 0.29) is 0 Å². The average molecular weight is 342 g/mol. The van der Waals surface area contributed by atoms with Gasteiger partial charge in [-0.05, 0) is 48.7 Å². The summed E-state index contributed by atoms with van der Waals surface area (Å²) in [6, 6.07) is 14.6. The van der Waals surface area contributed by atoms with Crippen LogP contribution in [0.25, 0.3) is 10.9 Å². The van der Waals surface area contributed by atoms with Gasteiger partial charge in [0.05, 0.1) is 5.52 Å². The van der Waals surface area contributed by atoms with Crippen molar-refractivity contribution in [3.63, 3.8) is 0 Å². The predicted molar refractivity (Wildman–Crippen MR) is 91.5 cm³/mol. The molecular weight excluding hydrogens is 326 g/mol. The van der Waals surface area contributed by atoms with Gasteiger partial charge >= 0.3 is 0 Å². The third-order valence-electron chi connectivity index (χ3n) is 3.36. The zero-order valence-corrected chi connectivity index (χ0v) is 13.4. The van der Waals surface area contributed by atoms with Gasteiger partial charge in [-0.2, -0.15) is 0 Å². The molecule has 3 rings (SSSR count). The lowest BCUT2D eigenvalue weighted by molar-refractivity contribution is 1.16. The summed E-state index contributed by atoms with van der Waals surface area (Å²) in [6.45, 7) is 2.08. The molecule has 0 spiro atoms. The summed E-state index contributed by atoms with van der Waals surface area (Å²) in [5.74, 6) is 0.849. The fraction of sp³-hybridized carbons (Fsp3) is 0.176. The second kappa shape index (κ2) is 6.22. The number of halogens is 1. The molecular formula is C17H16BrN3. The smallest absolute Gasteiger partial charge is 0.141 e. The second-order valence-corrected chi connectivity index (χ2v) is 5.80. The summed E-state index contributed by atoms with van der Waals surface area (Å²) in [5, 5.41) is 5.40. The Labute approximate surface area is 132 Å². The standard InChI is InChI=1S/C17H16BrN3/c1-12-3-2-4-14(9-12)21-17-15-10-13(7-8-18)5-6-16(15)19-11-20-17/h2-6,9-11H,7-8H2,1H3,(H,19,20,21). The van der Waals surface area contributed by atoms with Crippen molar-refractivity contribution in [1.29, 1.82) is 0 Å². The van der Waals surface area contributed by atoms with Crippen LogP contribution in [0.3, 0.4) is 0 Å². The van der Waals surface area contributed by atoms with Gasteiger partial charge in [0.25, 0.3) is 0 Å². The summed E-state index contributed by atoms with van der Waals surface area (Å²) in [5.41, 5.74) is 4.50. The molecule has 2 aromatic carbocycles. The number of aryl methyl sites for hydroxylation is 2. The molecule has 0 bridgehead atoms. The van der Waals surface area contributed by atoms with Crippen LogP contribution >= 0.6 is 15.9 Å². The highest BCUT2D eigenvalue weighted by Crippen LogP contribution is 2.24. The maximum Gasteiger partial charge on any atom is 0.141 e. The molecule has 0 aliphatic rings. The van der Waals surface area contributed by atoms with E-state index in [0.29, 0.717) is 0 Å². The van der Waals surface area contributed by atoms with E-state index in [1.165, 1.54) is 11.1 Å². The number of rotatable bonds is 4. The van der Waals surface area contributed by atoms with Crippen LogP contribution in [0, 0.1) is 6.92 Å². The zero-order chi connectivity index (χ0) is 14.7. The Morgan fingerprint density at radius 2 is 2.00 bits per heavy atom. The van der Waals surface area contributed by atoms with E-state index in [1.54, 1.807) is 6.33 Å². The van der Waals surface area contributed by atoms with Gasteiger partial charge in [0.15, 0.2) is 0 Å². The van der Waals surface area contributed by atoms with Crippen molar-refractivity contribution in [1.82, 2.24) is 9.97 Å². The number of anilines is 2. The minimum absolute atomic E-state index is 0.849. The van der Waals surface area contributed by atoms with Crippen molar-refractivity contribution in [2.24, 2.45) is 0 Å².